The molecule has 17 heavy (non-hydrogen) atoms. The minimum absolute atomic E-state index is 0.239. The normalized spacial score (nSPS) is 19.4. The number of hydrogen-bond acceptors (Lipinski definition) is 3. The van der Waals surface area contributed by atoms with Gasteiger partial charge in [0.15, 0.2) is 11.5 Å². The van der Waals surface area contributed by atoms with Gasteiger partial charge >= 0.3 is 0 Å². The van der Waals surface area contributed by atoms with E-state index in [1.807, 2.05) is 24.4 Å². The predicted octanol–water partition coefficient (Wildman–Crippen LogP) is 2.18. The minimum Gasteiger partial charge on any atom is -0.305 e. The third-order valence-electron chi connectivity index (χ3n) is 3.57. The monoisotopic (exact) mass is 230 g/mol. The molecular formula is C13H18N4. The van der Waals surface area contributed by atoms with Crippen molar-refractivity contribution in [3.8, 4) is 0 Å². The number of aromatic nitrogens is 3. The highest BCUT2D eigenvalue weighted by molar-refractivity contribution is 5.37. The van der Waals surface area contributed by atoms with E-state index in [0.717, 1.165) is 17.4 Å². The average molecular weight is 230 g/mol. The fourth-order valence-electron chi connectivity index (χ4n) is 2.36. The van der Waals surface area contributed by atoms with Crippen LogP contribution in [0.5, 0.6) is 0 Å². The summed E-state index contributed by atoms with van der Waals surface area (Å²) < 4.78 is 2.05. The van der Waals surface area contributed by atoms with Crippen LogP contribution in [0.25, 0.3) is 5.65 Å². The molecule has 2 aromatic rings. The van der Waals surface area contributed by atoms with Gasteiger partial charge in [0.05, 0.1) is 6.04 Å². The van der Waals surface area contributed by atoms with Gasteiger partial charge in [-0.25, -0.2) is 0 Å². The van der Waals surface area contributed by atoms with Crippen molar-refractivity contribution >= 4 is 5.65 Å². The Morgan fingerprint density at radius 2 is 2.12 bits per heavy atom. The first kappa shape index (κ1) is 10.7. The van der Waals surface area contributed by atoms with Gasteiger partial charge in [0.2, 0.25) is 0 Å². The van der Waals surface area contributed by atoms with Crippen LogP contribution in [0.4, 0.5) is 0 Å². The number of nitrogens with zero attached hydrogens (tertiary/aromatic N) is 3. The fourth-order valence-corrected chi connectivity index (χ4v) is 2.36. The number of pyridine rings is 1. The molecule has 0 saturated heterocycles. The molecule has 2 atom stereocenters. The SMILES string of the molecule is C[C@H](N[C@H](C)C1CC1)c1nnc2ccccn12. The van der Waals surface area contributed by atoms with Gasteiger partial charge < -0.3 is 5.32 Å². The van der Waals surface area contributed by atoms with Crippen molar-refractivity contribution in [2.24, 2.45) is 5.92 Å². The van der Waals surface area contributed by atoms with Crippen LogP contribution in [0, 0.1) is 5.92 Å². The van der Waals surface area contributed by atoms with Crippen LogP contribution in [0.2, 0.25) is 0 Å². The molecule has 4 nitrogen and oxygen atoms in total. The Balaban J connectivity index is 1.82. The maximum absolute atomic E-state index is 4.28. The Hall–Kier alpha value is -1.42. The van der Waals surface area contributed by atoms with Gasteiger partial charge in [0, 0.05) is 12.2 Å². The Bertz CT molecular complexity index is 515. The maximum Gasteiger partial charge on any atom is 0.160 e. The van der Waals surface area contributed by atoms with Crippen molar-refractivity contribution in [2.75, 3.05) is 0 Å². The van der Waals surface area contributed by atoms with E-state index in [0.29, 0.717) is 6.04 Å². The zero-order valence-electron chi connectivity index (χ0n) is 10.3. The molecule has 0 aromatic carbocycles. The minimum atomic E-state index is 0.239. The van der Waals surface area contributed by atoms with Gasteiger partial charge in [-0.1, -0.05) is 6.07 Å². The van der Waals surface area contributed by atoms with Crippen LogP contribution in [0.3, 0.4) is 0 Å². The first-order chi connectivity index (χ1) is 8.25. The van der Waals surface area contributed by atoms with Crippen molar-refractivity contribution in [3.05, 3.63) is 30.2 Å². The lowest BCUT2D eigenvalue weighted by Crippen LogP contribution is -2.31. The second kappa shape index (κ2) is 4.11. The molecule has 0 spiro atoms. The summed E-state index contributed by atoms with van der Waals surface area (Å²) >= 11 is 0. The molecule has 1 aliphatic carbocycles. The molecule has 1 saturated carbocycles. The molecule has 0 amide bonds. The molecule has 4 heteroatoms. The second-order valence-electron chi connectivity index (χ2n) is 5.00. The predicted molar refractivity (Wildman–Crippen MR) is 66.7 cm³/mol. The van der Waals surface area contributed by atoms with E-state index in [9.17, 15) is 0 Å². The van der Waals surface area contributed by atoms with Crippen molar-refractivity contribution in [2.45, 2.75) is 38.8 Å². The van der Waals surface area contributed by atoms with E-state index >= 15 is 0 Å². The van der Waals surface area contributed by atoms with Crippen molar-refractivity contribution < 1.29 is 0 Å². The third kappa shape index (κ3) is 2.05. The van der Waals surface area contributed by atoms with Gasteiger partial charge in [-0.05, 0) is 44.7 Å². The lowest BCUT2D eigenvalue weighted by molar-refractivity contribution is 0.427. The van der Waals surface area contributed by atoms with E-state index in [4.69, 9.17) is 0 Å². The smallest absolute Gasteiger partial charge is 0.160 e. The Kier molecular flexibility index (Phi) is 2.59. The van der Waals surface area contributed by atoms with E-state index < -0.39 is 0 Å². The molecule has 0 bridgehead atoms. The van der Waals surface area contributed by atoms with Crippen LogP contribution in [-0.4, -0.2) is 20.6 Å². The van der Waals surface area contributed by atoms with Crippen LogP contribution in [0.15, 0.2) is 24.4 Å². The van der Waals surface area contributed by atoms with Crippen LogP contribution < -0.4 is 5.32 Å². The molecule has 2 heterocycles. The zero-order chi connectivity index (χ0) is 11.8. The molecule has 1 aliphatic rings. The van der Waals surface area contributed by atoms with Gasteiger partial charge in [-0.3, -0.25) is 4.40 Å². The van der Waals surface area contributed by atoms with E-state index in [-0.39, 0.29) is 6.04 Å². The highest BCUT2D eigenvalue weighted by Gasteiger charge is 2.29. The first-order valence-corrected chi connectivity index (χ1v) is 6.31. The maximum atomic E-state index is 4.28. The summed E-state index contributed by atoms with van der Waals surface area (Å²) in [5.74, 6) is 1.85. The summed E-state index contributed by atoms with van der Waals surface area (Å²) in [6, 6.07) is 6.78. The van der Waals surface area contributed by atoms with Crippen molar-refractivity contribution in [1.29, 1.82) is 0 Å². The molecular weight excluding hydrogens is 212 g/mol. The largest absolute Gasteiger partial charge is 0.305 e. The number of nitrogens with one attached hydrogen (secondary N) is 1. The summed E-state index contributed by atoms with van der Waals surface area (Å²) in [5.41, 5.74) is 0.912. The lowest BCUT2D eigenvalue weighted by Gasteiger charge is -2.18. The second-order valence-corrected chi connectivity index (χ2v) is 5.00. The molecule has 1 fully saturated rings. The summed E-state index contributed by atoms with van der Waals surface area (Å²) in [5, 5.41) is 12.1. The highest BCUT2D eigenvalue weighted by atomic mass is 15.3. The molecule has 0 aliphatic heterocycles. The third-order valence-corrected chi connectivity index (χ3v) is 3.57. The summed E-state index contributed by atoms with van der Waals surface area (Å²) in [4.78, 5) is 0. The van der Waals surface area contributed by atoms with Gasteiger partial charge in [-0.2, -0.15) is 0 Å². The number of rotatable bonds is 4. The quantitative estimate of drug-likeness (QED) is 0.875. The van der Waals surface area contributed by atoms with Crippen LogP contribution in [-0.2, 0) is 0 Å². The van der Waals surface area contributed by atoms with Crippen LogP contribution in [0.1, 0.15) is 38.6 Å². The summed E-state index contributed by atoms with van der Waals surface area (Å²) in [6.45, 7) is 4.42. The van der Waals surface area contributed by atoms with Gasteiger partial charge in [-0.15, -0.1) is 10.2 Å². The molecule has 2 aromatic heterocycles. The molecule has 1 N–H and O–H groups in total. The first-order valence-electron chi connectivity index (χ1n) is 6.31. The fraction of sp³-hybridized carbons (Fsp3) is 0.538. The molecule has 90 valence electrons. The standard InChI is InChI=1S/C13H18N4/c1-9(11-6-7-11)14-10(2)13-16-15-12-5-3-4-8-17(12)13/h3-5,8-11,14H,6-7H2,1-2H3/t9-,10+/m1/s1. The Labute approximate surface area is 101 Å². The van der Waals surface area contributed by atoms with Gasteiger partial charge in [0.25, 0.3) is 0 Å². The van der Waals surface area contributed by atoms with E-state index in [2.05, 4.69) is 33.8 Å². The molecule has 0 unspecified atom stereocenters. The van der Waals surface area contributed by atoms with Crippen LogP contribution >= 0.6 is 0 Å². The highest BCUT2D eigenvalue weighted by Crippen LogP contribution is 2.33. The van der Waals surface area contributed by atoms with E-state index in [1.54, 1.807) is 0 Å². The summed E-state index contributed by atoms with van der Waals surface area (Å²) in [7, 11) is 0. The Morgan fingerprint density at radius 1 is 1.29 bits per heavy atom. The van der Waals surface area contributed by atoms with Gasteiger partial charge in [0.1, 0.15) is 0 Å². The Morgan fingerprint density at radius 3 is 2.88 bits per heavy atom. The number of fused-ring (bicyclic) bond motifs is 1. The zero-order valence-corrected chi connectivity index (χ0v) is 10.3. The molecule has 3 rings (SSSR count). The van der Waals surface area contributed by atoms with Crippen molar-refractivity contribution in [3.63, 3.8) is 0 Å². The number of hydrogen-bond donors (Lipinski definition) is 1. The van der Waals surface area contributed by atoms with E-state index in [1.165, 1.54) is 12.8 Å². The van der Waals surface area contributed by atoms with Crippen molar-refractivity contribution in [1.82, 2.24) is 19.9 Å². The molecule has 0 radical (unpaired) electrons. The topological polar surface area (TPSA) is 42.2 Å². The average Bonchev–Trinajstić information content (AvgIpc) is 3.09. The summed E-state index contributed by atoms with van der Waals surface area (Å²) in [6.07, 6.45) is 4.74. The lowest BCUT2D eigenvalue weighted by atomic mass is 10.2.